The molecule has 1 aliphatic carbocycles. The minimum Gasteiger partial charge on any atom is -0.481 e. The molecule has 0 fully saturated rings. The van der Waals surface area contributed by atoms with Crippen molar-refractivity contribution in [3.8, 4) is 0 Å². The average molecular weight is 202 g/mol. The van der Waals surface area contributed by atoms with Crippen LogP contribution in [0, 0.1) is 5.92 Å². The average Bonchev–Trinajstić information content (AvgIpc) is 2.58. The van der Waals surface area contributed by atoms with Gasteiger partial charge >= 0.3 is 5.97 Å². The molecular weight excluding hydrogens is 192 g/mol. The van der Waals surface area contributed by atoms with Crippen molar-refractivity contribution in [1.82, 2.24) is 0 Å². The van der Waals surface area contributed by atoms with Gasteiger partial charge in [-0.15, -0.1) is 0 Å². The number of benzene rings is 1. The first kappa shape index (κ1) is 9.58. The topological polar surface area (TPSA) is 62.0 Å². The minimum atomic E-state index is -0.867. The van der Waals surface area contributed by atoms with E-state index in [1.165, 1.54) is 0 Å². The molecule has 0 saturated heterocycles. The van der Waals surface area contributed by atoms with E-state index in [1.807, 2.05) is 24.3 Å². The Bertz CT molecular complexity index is 452. The maximum absolute atomic E-state index is 11.0. The van der Waals surface area contributed by atoms with Gasteiger partial charge in [-0.1, -0.05) is 24.3 Å². The van der Waals surface area contributed by atoms with Crippen LogP contribution >= 0.6 is 0 Å². The molecule has 1 aromatic carbocycles. The predicted octanol–water partition coefficient (Wildman–Crippen LogP) is 1.35. The molecule has 15 heavy (non-hydrogen) atoms. The quantitative estimate of drug-likeness (QED) is 0.581. The fraction of sp³-hybridized carbons (Fsp3) is 0.182. The number of hydrogen-bond donors (Lipinski definition) is 1. The maximum Gasteiger partial charge on any atom is 0.313 e. The summed E-state index contributed by atoms with van der Waals surface area (Å²) in [6, 6.07) is 7.53. The van der Waals surface area contributed by atoms with Gasteiger partial charge in [-0.05, 0) is 12.0 Å². The third-order valence-corrected chi connectivity index (χ3v) is 2.52. The summed E-state index contributed by atoms with van der Waals surface area (Å²) in [4.78, 5) is 11.0. The lowest BCUT2D eigenvalue weighted by atomic mass is 10.1. The molecule has 76 valence electrons. The molecule has 1 unspecified atom stereocenters. The zero-order valence-electron chi connectivity index (χ0n) is 8.05. The molecule has 1 aliphatic rings. The van der Waals surface area contributed by atoms with Gasteiger partial charge in [0.1, 0.15) is 5.92 Å². The number of carboxylic acids is 1. The Labute approximate surface area is 87.0 Å². The van der Waals surface area contributed by atoms with Gasteiger partial charge in [0.2, 0.25) is 0 Å². The molecule has 0 heterocycles. The fourth-order valence-electron chi connectivity index (χ4n) is 1.86. The second-order valence-corrected chi connectivity index (χ2v) is 3.38. The number of carbonyl (C=O) groups is 1. The SMILES string of the molecule is C=NN=C1c2ccccc2CC1C(=O)O. The molecule has 0 amide bonds. The van der Waals surface area contributed by atoms with E-state index in [0.29, 0.717) is 12.1 Å². The van der Waals surface area contributed by atoms with Crippen molar-refractivity contribution in [3.05, 3.63) is 35.4 Å². The van der Waals surface area contributed by atoms with Gasteiger partial charge in [-0.25, -0.2) is 0 Å². The van der Waals surface area contributed by atoms with Crippen molar-refractivity contribution in [2.75, 3.05) is 0 Å². The summed E-state index contributed by atoms with van der Waals surface area (Å²) in [7, 11) is 0. The second kappa shape index (κ2) is 3.65. The maximum atomic E-state index is 11.0. The summed E-state index contributed by atoms with van der Waals surface area (Å²) in [6.45, 7) is 3.26. The van der Waals surface area contributed by atoms with Crippen LogP contribution in [-0.4, -0.2) is 23.5 Å². The van der Waals surface area contributed by atoms with E-state index >= 15 is 0 Å². The van der Waals surface area contributed by atoms with E-state index < -0.39 is 11.9 Å². The Balaban J connectivity index is 2.51. The molecule has 0 aromatic heterocycles. The molecule has 0 aliphatic heterocycles. The van der Waals surface area contributed by atoms with Gasteiger partial charge in [0, 0.05) is 12.3 Å². The molecule has 0 radical (unpaired) electrons. The normalized spacial score (nSPS) is 21.3. The first-order valence-corrected chi connectivity index (χ1v) is 4.58. The van der Waals surface area contributed by atoms with E-state index in [4.69, 9.17) is 5.11 Å². The molecule has 1 aromatic rings. The van der Waals surface area contributed by atoms with Crippen molar-refractivity contribution in [1.29, 1.82) is 0 Å². The molecule has 0 bridgehead atoms. The molecule has 0 saturated carbocycles. The summed E-state index contributed by atoms with van der Waals surface area (Å²) in [5.74, 6) is -1.46. The zero-order chi connectivity index (χ0) is 10.8. The molecule has 1 atom stereocenters. The van der Waals surface area contributed by atoms with Crippen LogP contribution in [0.2, 0.25) is 0 Å². The van der Waals surface area contributed by atoms with E-state index in [2.05, 4.69) is 16.9 Å². The van der Waals surface area contributed by atoms with E-state index in [-0.39, 0.29) is 0 Å². The number of rotatable bonds is 2. The largest absolute Gasteiger partial charge is 0.481 e. The van der Waals surface area contributed by atoms with E-state index in [0.717, 1.165) is 11.1 Å². The molecule has 1 N–H and O–H groups in total. The fourth-order valence-corrected chi connectivity index (χ4v) is 1.86. The lowest BCUT2D eigenvalue weighted by Gasteiger charge is -2.02. The van der Waals surface area contributed by atoms with Crippen molar-refractivity contribution in [2.24, 2.45) is 16.1 Å². The van der Waals surface area contributed by atoms with Crippen molar-refractivity contribution in [3.63, 3.8) is 0 Å². The summed E-state index contributed by atoms with van der Waals surface area (Å²) >= 11 is 0. The van der Waals surface area contributed by atoms with Gasteiger partial charge < -0.3 is 5.11 Å². The highest BCUT2D eigenvalue weighted by molar-refractivity contribution is 6.14. The summed E-state index contributed by atoms with van der Waals surface area (Å²) < 4.78 is 0. The number of fused-ring (bicyclic) bond motifs is 1. The molecule has 2 rings (SSSR count). The standard InChI is InChI=1S/C11H10N2O2/c1-12-13-10-8-5-3-2-4-7(8)6-9(10)11(14)15/h2-5,9H,1,6H2,(H,14,15). The predicted molar refractivity (Wildman–Crippen MR) is 57.4 cm³/mol. The van der Waals surface area contributed by atoms with Gasteiger partial charge in [-0.3, -0.25) is 4.79 Å². The Hall–Kier alpha value is -1.97. The van der Waals surface area contributed by atoms with E-state index in [1.54, 1.807) is 0 Å². The summed E-state index contributed by atoms with van der Waals surface area (Å²) in [5, 5.41) is 16.3. The third-order valence-electron chi connectivity index (χ3n) is 2.52. The molecule has 4 nitrogen and oxygen atoms in total. The first-order chi connectivity index (χ1) is 7.24. The van der Waals surface area contributed by atoms with Crippen molar-refractivity contribution >= 4 is 18.4 Å². The lowest BCUT2D eigenvalue weighted by molar-refractivity contribution is -0.139. The van der Waals surface area contributed by atoms with Crippen LogP contribution in [0.4, 0.5) is 0 Å². The minimum absolute atomic E-state index is 0.486. The Kier molecular flexibility index (Phi) is 2.33. The van der Waals surface area contributed by atoms with Crippen molar-refractivity contribution < 1.29 is 9.90 Å². The number of nitrogens with zero attached hydrogens (tertiary/aromatic N) is 2. The van der Waals surface area contributed by atoms with Gasteiger partial charge in [-0.2, -0.15) is 10.2 Å². The zero-order valence-corrected chi connectivity index (χ0v) is 8.05. The van der Waals surface area contributed by atoms with Crippen LogP contribution in [0.15, 0.2) is 34.5 Å². The number of carboxylic acid groups (broad SMARTS) is 1. The van der Waals surface area contributed by atoms with E-state index in [9.17, 15) is 4.79 Å². The third kappa shape index (κ3) is 1.54. The molecular formula is C11H10N2O2. The van der Waals surface area contributed by atoms with Gasteiger partial charge in [0.05, 0.1) is 5.71 Å². The smallest absolute Gasteiger partial charge is 0.313 e. The van der Waals surface area contributed by atoms with Crippen LogP contribution in [0.1, 0.15) is 11.1 Å². The monoisotopic (exact) mass is 202 g/mol. The van der Waals surface area contributed by atoms with Crippen LogP contribution in [0.25, 0.3) is 0 Å². The summed E-state index contributed by atoms with van der Waals surface area (Å²) in [5.41, 5.74) is 2.39. The van der Waals surface area contributed by atoms with Crippen LogP contribution in [0.5, 0.6) is 0 Å². The summed E-state index contributed by atoms with van der Waals surface area (Å²) in [6.07, 6.45) is 0.486. The van der Waals surface area contributed by atoms with Gasteiger partial charge in [0.25, 0.3) is 0 Å². The van der Waals surface area contributed by atoms with Crippen LogP contribution in [0.3, 0.4) is 0 Å². The van der Waals surface area contributed by atoms with Gasteiger partial charge in [0.15, 0.2) is 0 Å². The van der Waals surface area contributed by atoms with Crippen LogP contribution < -0.4 is 0 Å². The first-order valence-electron chi connectivity index (χ1n) is 4.58. The molecule has 0 spiro atoms. The highest BCUT2D eigenvalue weighted by atomic mass is 16.4. The number of aliphatic carboxylic acids is 1. The Morgan fingerprint density at radius 1 is 1.47 bits per heavy atom. The highest BCUT2D eigenvalue weighted by Crippen LogP contribution is 2.27. The Morgan fingerprint density at radius 2 is 2.20 bits per heavy atom. The molecule has 4 heteroatoms. The highest BCUT2D eigenvalue weighted by Gasteiger charge is 2.33. The Morgan fingerprint density at radius 3 is 2.87 bits per heavy atom. The van der Waals surface area contributed by atoms with Crippen molar-refractivity contribution in [2.45, 2.75) is 6.42 Å². The number of hydrogen-bond acceptors (Lipinski definition) is 3. The van der Waals surface area contributed by atoms with Crippen LogP contribution in [-0.2, 0) is 11.2 Å². The lowest BCUT2D eigenvalue weighted by Crippen LogP contribution is -2.20. The second-order valence-electron chi connectivity index (χ2n) is 3.38.